The van der Waals surface area contributed by atoms with Gasteiger partial charge < -0.3 is 5.32 Å². The van der Waals surface area contributed by atoms with Crippen molar-refractivity contribution in [3.05, 3.63) is 23.2 Å². The van der Waals surface area contributed by atoms with Crippen LogP contribution in [0.15, 0.2) is 17.6 Å². The van der Waals surface area contributed by atoms with E-state index < -0.39 is 0 Å². The number of anilines is 1. The summed E-state index contributed by atoms with van der Waals surface area (Å²) in [6.45, 7) is 0. The van der Waals surface area contributed by atoms with Gasteiger partial charge in [-0.2, -0.15) is 0 Å². The lowest BCUT2D eigenvalue weighted by atomic mass is 10.0. The summed E-state index contributed by atoms with van der Waals surface area (Å²) in [6.07, 6.45) is 1.44. The molecule has 2 heterocycles. The Morgan fingerprint density at radius 2 is 2.29 bits per heavy atom. The quantitative estimate of drug-likeness (QED) is 0.714. The number of carbonyl (C=O) groups excluding carboxylic acids is 1. The molecule has 3 nitrogen and oxygen atoms in total. The Balaban J connectivity index is 2.24. The van der Waals surface area contributed by atoms with Crippen LogP contribution < -0.4 is 5.32 Å². The third-order valence-electron chi connectivity index (χ3n) is 2.45. The van der Waals surface area contributed by atoms with E-state index in [1.165, 1.54) is 10.3 Å². The summed E-state index contributed by atoms with van der Waals surface area (Å²) in [6, 6.07) is 4.08. The molecule has 1 N–H and O–H groups in total. The largest absolute Gasteiger partial charge is 0.326 e. The van der Waals surface area contributed by atoms with Crippen molar-refractivity contribution in [2.45, 2.75) is 12.8 Å². The van der Waals surface area contributed by atoms with Crippen LogP contribution in [0.4, 0.5) is 5.69 Å². The normalized spacial score (nSPS) is 15.3. The fraction of sp³-hybridized carbons (Fsp3) is 0.200. The van der Waals surface area contributed by atoms with Crippen molar-refractivity contribution < 1.29 is 4.79 Å². The molecule has 1 amide bonds. The third-order valence-corrected chi connectivity index (χ3v) is 3.24. The van der Waals surface area contributed by atoms with E-state index in [1.807, 2.05) is 11.6 Å². The second-order valence-electron chi connectivity index (χ2n) is 3.38. The van der Waals surface area contributed by atoms with E-state index >= 15 is 0 Å². The first kappa shape index (κ1) is 7.94. The Hall–Kier alpha value is -1.42. The standard InChI is InChI=1S/C10H8N2OS/c13-10-2-1-6-3-9-8(11-5-14-9)4-7(6)12-10/h3-5H,1-2H2,(H,12,13). The van der Waals surface area contributed by atoms with Gasteiger partial charge in [0.05, 0.1) is 15.7 Å². The molecule has 1 aromatic heterocycles. The first-order valence-electron chi connectivity index (χ1n) is 4.49. The molecule has 70 valence electrons. The summed E-state index contributed by atoms with van der Waals surface area (Å²) in [4.78, 5) is 15.4. The molecule has 0 radical (unpaired) electrons. The summed E-state index contributed by atoms with van der Waals surface area (Å²) < 4.78 is 1.19. The van der Waals surface area contributed by atoms with E-state index in [2.05, 4.69) is 16.4 Å². The molecular formula is C10H8N2OS. The molecule has 14 heavy (non-hydrogen) atoms. The van der Waals surface area contributed by atoms with Gasteiger partial charge in [0.15, 0.2) is 0 Å². The fourth-order valence-corrected chi connectivity index (χ4v) is 2.45. The van der Waals surface area contributed by atoms with E-state index in [9.17, 15) is 4.79 Å². The number of carbonyl (C=O) groups is 1. The van der Waals surface area contributed by atoms with Gasteiger partial charge in [-0.15, -0.1) is 11.3 Å². The van der Waals surface area contributed by atoms with Gasteiger partial charge >= 0.3 is 0 Å². The van der Waals surface area contributed by atoms with Crippen LogP contribution in [-0.2, 0) is 11.2 Å². The maximum Gasteiger partial charge on any atom is 0.224 e. The smallest absolute Gasteiger partial charge is 0.224 e. The molecule has 0 bridgehead atoms. The minimum absolute atomic E-state index is 0.104. The monoisotopic (exact) mass is 204 g/mol. The van der Waals surface area contributed by atoms with Crippen molar-refractivity contribution >= 4 is 33.1 Å². The lowest BCUT2D eigenvalue weighted by Crippen LogP contribution is -2.18. The van der Waals surface area contributed by atoms with Gasteiger partial charge in [-0.25, -0.2) is 4.98 Å². The number of nitrogens with zero attached hydrogens (tertiary/aromatic N) is 1. The van der Waals surface area contributed by atoms with Crippen LogP contribution in [0.3, 0.4) is 0 Å². The Kier molecular flexibility index (Phi) is 1.58. The first-order valence-corrected chi connectivity index (χ1v) is 5.37. The molecule has 0 saturated heterocycles. The number of hydrogen-bond acceptors (Lipinski definition) is 3. The highest BCUT2D eigenvalue weighted by Crippen LogP contribution is 2.29. The van der Waals surface area contributed by atoms with Gasteiger partial charge in [0, 0.05) is 12.1 Å². The van der Waals surface area contributed by atoms with Crippen LogP contribution in [0.5, 0.6) is 0 Å². The van der Waals surface area contributed by atoms with Crippen molar-refractivity contribution in [2.24, 2.45) is 0 Å². The zero-order chi connectivity index (χ0) is 9.54. The molecule has 0 aliphatic carbocycles. The summed E-state index contributed by atoms with van der Waals surface area (Å²) >= 11 is 1.64. The molecular weight excluding hydrogens is 196 g/mol. The van der Waals surface area contributed by atoms with Crippen molar-refractivity contribution in [1.82, 2.24) is 4.98 Å². The second kappa shape index (κ2) is 2.78. The Morgan fingerprint density at radius 3 is 3.21 bits per heavy atom. The molecule has 0 spiro atoms. The Labute approximate surface area is 84.8 Å². The van der Waals surface area contributed by atoms with Gasteiger partial charge in [0.25, 0.3) is 0 Å². The summed E-state index contributed by atoms with van der Waals surface area (Å²) in [7, 11) is 0. The highest BCUT2D eigenvalue weighted by atomic mass is 32.1. The number of nitrogens with one attached hydrogen (secondary N) is 1. The SMILES string of the molecule is O=C1CCc2cc3scnc3cc2N1. The number of aryl methyl sites for hydroxylation is 1. The van der Waals surface area contributed by atoms with Gasteiger partial charge in [0.1, 0.15) is 0 Å². The fourth-order valence-electron chi connectivity index (χ4n) is 1.73. The highest BCUT2D eigenvalue weighted by molar-refractivity contribution is 7.16. The van der Waals surface area contributed by atoms with E-state index in [4.69, 9.17) is 0 Å². The number of thiazole rings is 1. The molecule has 2 aromatic rings. The predicted molar refractivity (Wildman–Crippen MR) is 56.6 cm³/mol. The van der Waals surface area contributed by atoms with Crippen molar-refractivity contribution in [3.8, 4) is 0 Å². The lowest BCUT2D eigenvalue weighted by molar-refractivity contribution is -0.116. The molecule has 3 rings (SSSR count). The Bertz CT molecular complexity index is 518. The molecule has 0 saturated carbocycles. The molecule has 0 atom stereocenters. The highest BCUT2D eigenvalue weighted by Gasteiger charge is 2.15. The predicted octanol–water partition coefficient (Wildman–Crippen LogP) is 2.18. The van der Waals surface area contributed by atoms with E-state index in [0.29, 0.717) is 6.42 Å². The van der Waals surface area contributed by atoms with Crippen LogP contribution >= 0.6 is 11.3 Å². The zero-order valence-electron chi connectivity index (χ0n) is 7.41. The van der Waals surface area contributed by atoms with Crippen LogP contribution in [0.1, 0.15) is 12.0 Å². The topological polar surface area (TPSA) is 42.0 Å². The molecule has 4 heteroatoms. The van der Waals surface area contributed by atoms with E-state index in [1.54, 1.807) is 11.3 Å². The molecule has 0 fully saturated rings. The average molecular weight is 204 g/mol. The van der Waals surface area contributed by atoms with Crippen LogP contribution in [0.25, 0.3) is 10.2 Å². The minimum atomic E-state index is 0.104. The van der Waals surface area contributed by atoms with Crippen LogP contribution in [0.2, 0.25) is 0 Å². The van der Waals surface area contributed by atoms with E-state index in [0.717, 1.165) is 17.6 Å². The number of amides is 1. The number of rotatable bonds is 0. The molecule has 1 aliphatic rings. The first-order chi connectivity index (χ1) is 6.83. The number of aromatic nitrogens is 1. The van der Waals surface area contributed by atoms with Crippen molar-refractivity contribution in [3.63, 3.8) is 0 Å². The maximum atomic E-state index is 11.2. The summed E-state index contributed by atoms with van der Waals surface area (Å²) in [5.41, 5.74) is 4.95. The van der Waals surface area contributed by atoms with E-state index in [-0.39, 0.29) is 5.91 Å². The maximum absolute atomic E-state index is 11.2. The van der Waals surface area contributed by atoms with Crippen LogP contribution in [-0.4, -0.2) is 10.9 Å². The van der Waals surface area contributed by atoms with Gasteiger partial charge in [-0.3, -0.25) is 4.79 Å². The second-order valence-corrected chi connectivity index (χ2v) is 4.26. The summed E-state index contributed by atoms with van der Waals surface area (Å²) in [5.74, 6) is 0.104. The molecule has 0 unspecified atom stereocenters. The molecule has 1 aliphatic heterocycles. The average Bonchev–Trinajstić information content (AvgIpc) is 2.61. The van der Waals surface area contributed by atoms with Gasteiger partial charge in [-0.05, 0) is 24.1 Å². The number of benzene rings is 1. The Morgan fingerprint density at radius 1 is 1.36 bits per heavy atom. The number of fused-ring (bicyclic) bond motifs is 2. The summed E-state index contributed by atoms with van der Waals surface area (Å²) in [5, 5.41) is 2.87. The number of hydrogen-bond donors (Lipinski definition) is 1. The minimum Gasteiger partial charge on any atom is -0.326 e. The van der Waals surface area contributed by atoms with Crippen molar-refractivity contribution in [2.75, 3.05) is 5.32 Å². The van der Waals surface area contributed by atoms with Crippen molar-refractivity contribution in [1.29, 1.82) is 0 Å². The lowest BCUT2D eigenvalue weighted by Gasteiger charge is -2.16. The zero-order valence-corrected chi connectivity index (χ0v) is 8.23. The molecule has 1 aromatic carbocycles. The van der Waals surface area contributed by atoms with Gasteiger partial charge in [0.2, 0.25) is 5.91 Å². The third kappa shape index (κ3) is 1.11. The van der Waals surface area contributed by atoms with Gasteiger partial charge in [-0.1, -0.05) is 0 Å². The van der Waals surface area contributed by atoms with Crippen LogP contribution in [0, 0.1) is 0 Å².